The third-order valence-corrected chi connectivity index (χ3v) is 2.28. The Morgan fingerprint density at radius 3 is 2.53 bits per heavy atom. The Morgan fingerprint density at radius 1 is 1.47 bits per heavy atom. The number of aliphatic carboxylic acids is 1. The van der Waals surface area contributed by atoms with Gasteiger partial charge in [-0.15, -0.1) is 0 Å². The zero-order valence-corrected chi connectivity index (χ0v) is 9.12. The molecule has 0 unspecified atom stereocenters. The molecular weight excluding hydrogens is 220 g/mol. The molecule has 4 nitrogen and oxygen atoms in total. The largest absolute Gasteiger partial charge is 0.497 e. The Hall–Kier alpha value is -1.26. The maximum absolute atomic E-state index is 10.8. The van der Waals surface area contributed by atoms with Crippen molar-refractivity contribution in [3.8, 4) is 5.75 Å². The van der Waals surface area contributed by atoms with Gasteiger partial charge in [0, 0.05) is 12.7 Å². The maximum Gasteiger partial charge on any atom is 0.337 e. The van der Waals surface area contributed by atoms with Crippen LogP contribution in [0.3, 0.4) is 0 Å². The van der Waals surface area contributed by atoms with Crippen LogP contribution >= 0.6 is 11.6 Å². The molecule has 0 bridgehead atoms. The molecule has 0 saturated heterocycles. The highest BCUT2D eigenvalue weighted by Gasteiger charge is 2.21. The van der Waals surface area contributed by atoms with Crippen LogP contribution in [-0.2, 0) is 9.53 Å². The van der Waals surface area contributed by atoms with E-state index < -0.39 is 12.1 Å². The Bertz CT molecular complexity index is 364. The van der Waals surface area contributed by atoms with Crippen molar-refractivity contribution in [2.45, 2.75) is 6.10 Å². The highest BCUT2D eigenvalue weighted by Crippen LogP contribution is 2.29. The van der Waals surface area contributed by atoms with Gasteiger partial charge in [0.2, 0.25) is 0 Å². The first kappa shape index (κ1) is 11.8. The molecule has 5 heteroatoms. The Kier molecular flexibility index (Phi) is 3.94. The van der Waals surface area contributed by atoms with Crippen LogP contribution in [0.15, 0.2) is 18.2 Å². The molecule has 0 fully saturated rings. The second kappa shape index (κ2) is 5.00. The fourth-order valence-electron chi connectivity index (χ4n) is 1.21. The number of halogens is 1. The summed E-state index contributed by atoms with van der Waals surface area (Å²) in [6.45, 7) is 0. The van der Waals surface area contributed by atoms with E-state index in [1.165, 1.54) is 14.2 Å². The zero-order valence-electron chi connectivity index (χ0n) is 8.36. The van der Waals surface area contributed by atoms with Gasteiger partial charge in [-0.05, 0) is 12.1 Å². The molecule has 0 aliphatic carbocycles. The number of hydrogen-bond acceptors (Lipinski definition) is 3. The third-order valence-electron chi connectivity index (χ3n) is 1.95. The van der Waals surface area contributed by atoms with Gasteiger partial charge in [-0.3, -0.25) is 0 Å². The molecule has 0 aromatic heterocycles. The fourth-order valence-corrected chi connectivity index (χ4v) is 1.48. The second-order valence-corrected chi connectivity index (χ2v) is 3.25. The van der Waals surface area contributed by atoms with Crippen LogP contribution in [0.5, 0.6) is 5.75 Å². The minimum atomic E-state index is -1.08. The standard InChI is InChI=1S/C10H11ClO4/c1-14-6-3-4-7(8(11)5-6)9(15-2)10(12)13/h3-5,9H,1-2H3,(H,12,13)/t9-/m1/s1. The first-order chi connectivity index (χ1) is 7.10. The van der Waals surface area contributed by atoms with Crippen molar-refractivity contribution in [1.82, 2.24) is 0 Å². The van der Waals surface area contributed by atoms with Crippen LogP contribution in [0.2, 0.25) is 5.02 Å². The molecule has 1 aromatic carbocycles. The second-order valence-electron chi connectivity index (χ2n) is 2.84. The van der Waals surface area contributed by atoms with Gasteiger partial charge < -0.3 is 14.6 Å². The summed E-state index contributed by atoms with van der Waals surface area (Å²) in [6.07, 6.45) is -1.05. The highest BCUT2D eigenvalue weighted by atomic mass is 35.5. The monoisotopic (exact) mass is 230 g/mol. The maximum atomic E-state index is 10.8. The van der Waals surface area contributed by atoms with Crippen LogP contribution in [0.4, 0.5) is 0 Å². The lowest BCUT2D eigenvalue weighted by molar-refractivity contribution is -0.148. The molecule has 0 aliphatic rings. The molecule has 1 aromatic rings. The van der Waals surface area contributed by atoms with Crippen LogP contribution in [0.1, 0.15) is 11.7 Å². The van der Waals surface area contributed by atoms with E-state index in [1.807, 2.05) is 0 Å². The van der Waals surface area contributed by atoms with E-state index >= 15 is 0 Å². The topological polar surface area (TPSA) is 55.8 Å². The quantitative estimate of drug-likeness (QED) is 0.861. The van der Waals surface area contributed by atoms with Crippen LogP contribution in [-0.4, -0.2) is 25.3 Å². The van der Waals surface area contributed by atoms with Gasteiger partial charge in [0.15, 0.2) is 6.10 Å². The van der Waals surface area contributed by atoms with Crippen molar-refractivity contribution < 1.29 is 19.4 Å². The van der Waals surface area contributed by atoms with E-state index in [1.54, 1.807) is 18.2 Å². The third kappa shape index (κ3) is 2.61. The minimum Gasteiger partial charge on any atom is -0.497 e. The highest BCUT2D eigenvalue weighted by molar-refractivity contribution is 6.31. The minimum absolute atomic E-state index is 0.309. The normalized spacial score (nSPS) is 12.2. The lowest BCUT2D eigenvalue weighted by Gasteiger charge is -2.13. The number of rotatable bonds is 4. The number of benzene rings is 1. The Morgan fingerprint density at radius 2 is 2.13 bits per heavy atom. The summed E-state index contributed by atoms with van der Waals surface area (Å²) in [5, 5.41) is 9.17. The lowest BCUT2D eigenvalue weighted by atomic mass is 10.1. The molecule has 0 radical (unpaired) electrons. The predicted octanol–water partition coefficient (Wildman–Crippen LogP) is 2.12. The Labute approximate surface area is 92.4 Å². The zero-order chi connectivity index (χ0) is 11.4. The SMILES string of the molecule is COc1ccc([C@@H](OC)C(=O)O)c(Cl)c1. The number of carbonyl (C=O) groups is 1. The average Bonchev–Trinajstić information content (AvgIpc) is 2.20. The van der Waals surface area contributed by atoms with Crippen LogP contribution in [0.25, 0.3) is 0 Å². The van der Waals surface area contributed by atoms with Crippen molar-refractivity contribution in [3.63, 3.8) is 0 Å². The molecule has 0 spiro atoms. The lowest BCUT2D eigenvalue weighted by Crippen LogP contribution is -2.13. The summed E-state index contributed by atoms with van der Waals surface area (Å²) < 4.78 is 9.78. The number of ether oxygens (including phenoxy) is 2. The van der Waals surface area contributed by atoms with Crippen LogP contribution in [0, 0.1) is 0 Å². The molecule has 0 aliphatic heterocycles. The van der Waals surface area contributed by atoms with E-state index in [9.17, 15) is 4.79 Å². The van der Waals surface area contributed by atoms with Gasteiger partial charge in [0.05, 0.1) is 12.1 Å². The summed E-state index contributed by atoms with van der Waals surface area (Å²) >= 11 is 5.90. The van der Waals surface area contributed by atoms with Gasteiger partial charge in [0.25, 0.3) is 0 Å². The molecule has 82 valence electrons. The first-order valence-electron chi connectivity index (χ1n) is 4.19. The molecule has 1 rings (SSSR count). The number of hydrogen-bond donors (Lipinski definition) is 1. The molecule has 1 N–H and O–H groups in total. The van der Waals surface area contributed by atoms with Crippen LogP contribution < -0.4 is 4.74 Å². The molecule has 1 atom stereocenters. The van der Waals surface area contributed by atoms with Gasteiger partial charge >= 0.3 is 5.97 Å². The summed E-state index contributed by atoms with van der Waals surface area (Å²) in [6, 6.07) is 4.76. The molecule has 15 heavy (non-hydrogen) atoms. The van der Waals surface area contributed by atoms with Gasteiger partial charge in [-0.1, -0.05) is 17.7 Å². The number of carboxylic acids is 1. The average molecular weight is 231 g/mol. The summed E-state index contributed by atoms with van der Waals surface area (Å²) in [5.74, 6) is -0.506. The summed E-state index contributed by atoms with van der Waals surface area (Å²) in [4.78, 5) is 10.8. The van der Waals surface area contributed by atoms with E-state index in [0.29, 0.717) is 16.3 Å². The number of carboxylic acid groups (broad SMARTS) is 1. The summed E-state index contributed by atoms with van der Waals surface area (Å²) in [5.41, 5.74) is 0.410. The van der Waals surface area contributed by atoms with E-state index in [0.717, 1.165) is 0 Å². The molecular formula is C10H11ClO4. The fraction of sp³-hybridized carbons (Fsp3) is 0.300. The van der Waals surface area contributed by atoms with Gasteiger partial charge in [0.1, 0.15) is 5.75 Å². The van der Waals surface area contributed by atoms with Crippen molar-refractivity contribution >= 4 is 17.6 Å². The van der Waals surface area contributed by atoms with E-state index in [2.05, 4.69) is 0 Å². The van der Waals surface area contributed by atoms with Crippen molar-refractivity contribution in [2.75, 3.05) is 14.2 Å². The number of methoxy groups -OCH3 is 2. The first-order valence-corrected chi connectivity index (χ1v) is 4.57. The van der Waals surface area contributed by atoms with Gasteiger partial charge in [-0.2, -0.15) is 0 Å². The predicted molar refractivity (Wildman–Crippen MR) is 55.4 cm³/mol. The molecule has 0 amide bonds. The smallest absolute Gasteiger partial charge is 0.337 e. The van der Waals surface area contributed by atoms with Crippen molar-refractivity contribution in [3.05, 3.63) is 28.8 Å². The van der Waals surface area contributed by atoms with E-state index in [4.69, 9.17) is 26.2 Å². The molecule has 0 heterocycles. The Balaban J connectivity index is 3.08. The van der Waals surface area contributed by atoms with Crippen molar-refractivity contribution in [1.29, 1.82) is 0 Å². The van der Waals surface area contributed by atoms with Gasteiger partial charge in [-0.25, -0.2) is 4.79 Å². The molecule has 0 saturated carbocycles. The van der Waals surface area contributed by atoms with E-state index in [-0.39, 0.29) is 0 Å². The summed E-state index contributed by atoms with van der Waals surface area (Å²) in [7, 11) is 2.83. The van der Waals surface area contributed by atoms with Crippen molar-refractivity contribution in [2.24, 2.45) is 0 Å².